The third-order valence-corrected chi connectivity index (χ3v) is 3.55. The highest BCUT2D eigenvalue weighted by Crippen LogP contribution is 2.35. The summed E-state index contributed by atoms with van der Waals surface area (Å²) < 4.78 is 5.25. The molecular formula is C17H15N3O3. The van der Waals surface area contributed by atoms with Gasteiger partial charge in [0, 0.05) is 5.39 Å². The Hall–Kier alpha value is -3.15. The third kappa shape index (κ3) is 2.66. The highest BCUT2D eigenvalue weighted by atomic mass is 16.5. The van der Waals surface area contributed by atoms with Crippen molar-refractivity contribution < 1.29 is 14.6 Å². The van der Waals surface area contributed by atoms with Crippen molar-refractivity contribution in [2.45, 2.75) is 6.92 Å². The van der Waals surface area contributed by atoms with E-state index in [2.05, 4.69) is 15.2 Å². The number of azo groups is 1. The summed E-state index contributed by atoms with van der Waals surface area (Å²) in [7, 11) is 1.50. The number of carbonyl (C=O) groups is 1. The van der Waals surface area contributed by atoms with E-state index < -0.39 is 5.91 Å². The van der Waals surface area contributed by atoms with Gasteiger partial charge in [0.25, 0.3) is 5.91 Å². The lowest BCUT2D eigenvalue weighted by Gasteiger charge is -2.07. The number of nitrogens with zero attached hydrogens (tertiary/aromatic N) is 2. The van der Waals surface area contributed by atoms with Crippen LogP contribution >= 0.6 is 0 Å². The lowest BCUT2D eigenvalue weighted by molar-refractivity contribution is 0.0992. The number of amides is 1. The first-order valence-electron chi connectivity index (χ1n) is 7.01. The van der Waals surface area contributed by atoms with Crippen molar-refractivity contribution in [2.75, 3.05) is 7.11 Å². The molecule has 0 aliphatic rings. The van der Waals surface area contributed by atoms with Crippen LogP contribution in [-0.4, -0.2) is 23.1 Å². The van der Waals surface area contributed by atoms with Crippen molar-refractivity contribution in [2.24, 2.45) is 10.2 Å². The van der Waals surface area contributed by atoms with Gasteiger partial charge >= 0.3 is 0 Å². The van der Waals surface area contributed by atoms with Gasteiger partial charge in [-0.25, -0.2) is 0 Å². The number of nitrogens with one attached hydrogen (secondary N) is 1. The van der Waals surface area contributed by atoms with Gasteiger partial charge in [0.05, 0.1) is 18.2 Å². The van der Waals surface area contributed by atoms with Gasteiger partial charge in [-0.05, 0) is 24.6 Å². The van der Waals surface area contributed by atoms with Crippen molar-refractivity contribution in [1.29, 1.82) is 0 Å². The summed E-state index contributed by atoms with van der Waals surface area (Å²) in [5, 5.41) is 18.2. The smallest absolute Gasteiger partial charge is 0.299 e. The largest absolute Gasteiger partial charge is 0.496 e. The summed E-state index contributed by atoms with van der Waals surface area (Å²) in [5.74, 6) is -0.186. The molecule has 0 atom stereocenters. The Balaban J connectivity index is 1.98. The molecule has 6 heteroatoms. The van der Waals surface area contributed by atoms with Gasteiger partial charge in [-0.3, -0.25) is 4.79 Å². The molecule has 0 spiro atoms. The number of para-hydroxylation sites is 2. The Labute approximate surface area is 132 Å². The minimum Gasteiger partial charge on any atom is -0.496 e. The number of carbonyl (C=O) groups excluding carboxylic acids is 1. The van der Waals surface area contributed by atoms with Crippen molar-refractivity contribution in [3.05, 3.63) is 53.6 Å². The second-order valence-electron chi connectivity index (χ2n) is 5.03. The summed E-state index contributed by atoms with van der Waals surface area (Å²) in [4.78, 5) is 15.1. The Kier molecular flexibility index (Phi) is 3.80. The minimum atomic E-state index is -0.532. The first-order chi connectivity index (χ1) is 11.1. The van der Waals surface area contributed by atoms with Gasteiger partial charge in [0.1, 0.15) is 5.75 Å². The van der Waals surface area contributed by atoms with Gasteiger partial charge < -0.3 is 14.8 Å². The van der Waals surface area contributed by atoms with E-state index in [-0.39, 0.29) is 11.6 Å². The van der Waals surface area contributed by atoms with Gasteiger partial charge in [0.2, 0.25) is 5.88 Å². The lowest BCUT2D eigenvalue weighted by atomic mass is 10.1. The van der Waals surface area contributed by atoms with Crippen LogP contribution in [0.15, 0.2) is 52.7 Å². The molecule has 0 aliphatic heterocycles. The first kappa shape index (κ1) is 14.8. The predicted octanol–water partition coefficient (Wildman–Crippen LogP) is 4.11. The summed E-state index contributed by atoms with van der Waals surface area (Å²) >= 11 is 0. The number of hydrogen-bond acceptors (Lipinski definition) is 4. The molecular weight excluding hydrogens is 294 g/mol. The molecule has 6 nitrogen and oxygen atoms in total. The van der Waals surface area contributed by atoms with E-state index in [1.54, 1.807) is 24.3 Å². The first-order valence-corrected chi connectivity index (χ1v) is 7.01. The Morgan fingerprint density at radius 3 is 2.74 bits per heavy atom. The normalized spacial score (nSPS) is 11.2. The fourth-order valence-corrected chi connectivity index (χ4v) is 2.46. The zero-order valence-electron chi connectivity index (χ0n) is 12.7. The molecule has 2 N–H and O–H groups in total. The van der Waals surface area contributed by atoms with Crippen LogP contribution in [-0.2, 0) is 0 Å². The number of aromatic hydroxyl groups is 1. The predicted molar refractivity (Wildman–Crippen MR) is 86.5 cm³/mol. The fraction of sp³-hybridized carbons (Fsp3) is 0.118. The van der Waals surface area contributed by atoms with Crippen LogP contribution < -0.4 is 4.74 Å². The molecule has 116 valence electrons. The second-order valence-corrected chi connectivity index (χ2v) is 5.03. The van der Waals surface area contributed by atoms with Crippen molar-refractivity contribution in [3.63, 3.8) is 0 Å². The topological polar surface area (TPSA) is 87.0 Å². The number of ether oxygens (including phenoxy) is 1. The van der Waals surface area contributed by atoms with Crippen molar-refractivity contribution >= 4 is 22.5 Å². The van der Waals surface area contributed by atoms with Crippen LogP contribution in [0.1, 0.15) is 15.9 Å². The zero-order valence-corrected chi connectivity index (χ0v) is 12.7. The number of aryl methyl sites for hydroxylation is 1. The Morgan fingerprint density at radius 1 is 1.17 bits per heavy atom. The number of aromatic nitrogens is 1. The zero-order chi connectivity index (χ0) is 16.4. The summed E-state index contributed by atoms with van der Waals surface area (Å²) in [6, 6.07) is 12.5. The molecule has 1 aromatic heterocycles. The van der Waals surface area contributed by atoms with E-state index in [4.69, 9.17) is 4.74 Å². The van der Waals surface area contributed by atoms with Crippen LogP contribution in [0.2, 0.25) is 0 Å². The average Bonchev–Trinajstić information content (AvgIpc) is 2.87. The van der Waals surface area contributed by atoms with Gasteiger partial charge in [-0.1, -0.05) is 30.3 Å². The Bertz CT molecular complexity index is 913. The highest BCUT2D eigenvalue weighted by molar-refractivity contribution is 5.99. The molecule has 2 aromatic carbocycles. The maximum atomic E-state index is 12.3. The maximum absolute atomic E-state index is 12.3. The lowest BCUT2D eigenvalue weighted by Crippen LogP contribution is -2.00. The van der Waals surface area contributed by atoms with Crippen LogP contribution in [0.5, 0.6) is 11.6 Å². The van der Waals surface area contributed by atoms with E-state index in [0.717, 1.165) is 11.1 Å². The molecule has 0 saturated carbocycles. The van der Waals surface area contributed by atoms with Crippen LogP contribution in [0.4, 0.5) is 5.69 Å². The molecule has 0 fully saturated rings. The molecule has 0 radical (unpaired) electrons. The SMILES string of the molecule is COc1c(C)cccc1C(=O)N=Nc1c(O)[nH]c2ccccc12. The molecule has 0 bridgehead atoms. The van der Waals surface area contributed by atoms with E-state index in [0.29, 0.717) is 16.7 Å². The van der Waals surface area contributed by atoms with Gasteiger partial charge in [-0.15, -0.1) is 10.2 Å². The second kappa shape index (κ2) is 5.92. The van der Waals surface area contributed by atoms with Gasteiger partial charge in [0.15, 0.2) is 5.69 Å². The molecule has 23 heavy (non-hydrogen) atoms. The fourth-order valence-electron chi connectivity index (χ4n) is 2.46. The highest BCUT2D eigenvalue weighted by Gasteiger charge is 2.15. The van der Waals surface area contributed by atoms with Crippen molar-refractivity contribution in [1.82, 2.24) is 4.98 Å². The number of benzene rings is 2. The molecule has 3 rings (SSSR count). The molecule has 0 aliphatic carbocycles. The molecule has 3 aromatic rings. The summed E-state index contributed by atoms with van der Waals surface area (Å²) in [6.07, 6.45) is 0. The standard InChI is InChI=1S/C17H15N3O3/c1-10-6-5-8-12(15(10)23-2)16(21)20-19-14-11-7-3-4-9-13(11)18-17(14)22/h3-9,18,22H,1-2H3. The maximum Gasteiger partial charge on any atom is 0.299 e. The number of methoxy groups -OCH3 is 1. The Morgan fingerprint density at radius 2 is 1.96 bits per heavy atom. The number of hydrogen-bond donors (Lipinski definition) is 2. The van der Waals surface area contributed by atoms with Crippen LogP contribution in [0.3, 0.4) is 0 Å². The summed E-state index contributed by atoms with van der Waals surface area (Å²) in [6.45, 7) is 1.85. The van der Waals surface area contributed by atoms with E-state index in [9.17, 15) is 9.90 Å². The van der Waals surface area contributed by atoms with Crippen molar-refractivity contribution in [3.8, 4) is 11.6 Å². The third-order valence-electron chi connectivity index (χ3n) is 3.55. The molecule has 1 amide bonds. The van der Waals surface area contributed by atoms with E-state index >= 15 is 0 Å². The number of aromatic amines is 1. The van der Waals surface area contributed by atoms with Crippen LogP contribution in [0.25, 0.3) is 10.9 Å². The average molecular weight is 309 g/mol. The number of H-pyrrole nitrogens is 1. The van der Waals surface area contributed by atoms with E-state index in [1.165, 1.54) is 7.11 Å². The monoisotopic (exact) mass is 309 g/mol. The van der Waals surface area contributed by atoms with E-state index in [1.807, 2.05) is 25.1 Å². The quantitative estimate of drug-likeness (QED) is 0.713. The molecule has 0 unspecified atom stereocenters. The minimum absolute atomic E-state index is 0.126. The number of fused-ring (bicyclic) bond motifs is 1. The molecule has 0 saturated heterocycles. The molecule has 1 heterocycles. The number of rotatable bonds is 3. The van der Waals surface area contributed by atoms with Gasteiger partial charge in [-0.2, -0.15) is 0 Å². The summed E-state index contributed by atoms with van der Waals surface area (Å²) in [5.41, 5.74) is 2.12. The van der Waals surface area contributed by atoms with Crippen LogP contribution in [0, 0.1) is 6.92 Å².